The number of halogens is 2. The van der Waals surface area contributed by atoms with Gasteiger partial charge in [0.1, 0.15) is 0 Å². The Labute approximate surface area is 160 Å². The minimum Gasteiger partial charge on any atom is -0.455 e. The lowest BCUT2D eigenvalue weighted by Gasteiger charge is -2.09. The van der Waals surface area contributed by atoms with Gasteiger partial charge < -0.3 is 15.4 Å². The predicted octanol–water partition coefficient (Wildman–Crippen LogP) is 3.68. The smallest absolute Gasteiger partial charge is 0.310 e. The number of ether oxygens (including phenoxy) is 1. The Balaban J connectivity index is 1.82. The van der Waals surface area contributed by atoms with Crippen LogP contribution in [0.5, 0.6) is 0 Å². The lowest BCUT2D eigenvalue weighted by atomic mass is 10.1. The zero-order valence-corrected chi connectivity index (χ0v) is 15.4. The summed E-state index contributed by atoms with van der Waals surface area (Å²) < 4.78 is 4.95. The number of carbonyl (C=O) groups excluding carboxylic acids is 3. The fourth-order valence-corrected chi connectivity index (χ4v) is 2.56. The summed E-state index contributed by atoms with van der Waals surface area (Å²) in [6.07, 6.45) is 0.000477. The van der Waals surface area contributed by atoms with E-state index < -0.39 is 18.5 Å². The molecule has 0 bridgehead atoms. The Morgan fingerprint density at radius 3 is 2.15 bits per heavy atom. The second-order valence-corrected chi connectivity index (χ2v) is 6.17. The van der Waals surface area contributed by atoms with E-state index in [0.29, 0.717) is 11.3 Å². The van der Waals surface area contributed by atoms with E-state index in [1.807, 2.05) is 0 Å². The first-order valence-electron chi connectivity index (χ1n) is 7.61. The molecule has 2 rings (SSSR count). The molecule has 2 N–H and O–H groups in total. The standard InChI is InChI=1S/C18H16Cl2N2O4/c1-11(23)21-13-7-5-12(6-8-13)9-17(25)26-10-16(24)22-18-14(19)3-2-4-15(18)20/h2-8H,9-10H2,1H3,(H,21,23)(H,22,24). The Kier molecular flexibility index (Phi) is 7.00. The maximum Gasteiger partial charge on any atom is 0.310 e. The van der Waals surface area contributed by atoms with Crippen molar-refractivity contribution < 1.29 is 19.1 Å². The van der Waals surface area contributed by atoms with Gasteiger partial charge in [0.2, 0.25) is 5.91 Å². The van der Waals surface area contributed by atoms with Gasteiger partial charge in [-0.1, -0.05) is 41.4 Å². The Hall–Kier alpha value is -2.57. The molecule has 0 spiro atoms. The molecule has 2 amide bonds. The normalized spacial score (nSPS) is 10.1. The number of hydrogen-bond acceptors (Lipinski definition) is 4. The van der Waals surface area contributed by atoms with Gasteiger partial charge >= 0.3 is 5.97 Å². The van der Waals surface area contributed by atoms with Crippen molar-refractivity contribution in [1.29, 1.82) is 0 Å². The summed E-state index contributed by atoms with van der Waals surface area (Å²) in [4.78, 5) is 34.7. The van der Waals surface area contributed by atoms with Crippen LogP contribution in [-0.2, 0) is 25.5 Å². The molecule has 2 aromatic carbocycles. The number of hydrogen-bond donors (Lipinski definition) is 2. The van der Waals surface area contributed by atoms with Gasteiger partial charge in [0, 0.05) is 12.6 Å². The fourth-order valence-electron chi connectivity index (χ4n) is 2.07. The maximum absolute atomic E-state index is 11.9. The third kappa shape index (κ3) is 6.06. The topological polar surface area (TPSA) is 84.5 Å². The number of carbonyl (C=O) groups is 3. The Morgan fingerprint density at radius 1 is 0.962 bits per heavy atom. The third-order valence-corrected chi connectivity index (χ3v) is 3.84. The predicted molar refractivity (Wildman–Crippen MR) is 101 cm³/mol. The summed E-state index contributed by atoms with van der Waals surface area (Å²) in [6, 6.07) is 11.6. The van der Waals surface area contributed by atoms with E-state index in [1.165, 1.54) is 6.92 Å². The Bertz CT molecular complexity index is 802. The van der Waals surface area contributed by atoms with Crippen LogP contribution in [0.25, 0.3) is 0 Å². The van der Waals surface area contributed by atoms with Crippen LogP contribution in [-0.4, -0.2) is 24.4 Å². The molecule has 0 aliphatic heterocycles. The van der Waals surface area contributed by atoms with Crippen molar-refractivity contribution in [2.24, 2.45) is 0 Å². The summed E-state index contributed by atoms with van der Waals surface area (Å²) in [5.41, 5.74) is 1.59. The van der Waals surface area contributed by atoms with E-state index in [1.54, 1.807) is 42.5 Å². The number of anilines is 2. The molecule has 136 valence electrons. The third-order valence-electron chi connectivity index (χ3n) is 3.21. The molecule has 0 saturated carbocycles. The van der Waals surface area contributed by atoms with Crippen LogP contribution in [0.15, 0.2) is 42.5 Å². The van der Waals surface area contributed by atoms with Crippen LogP contribution < -0.4 is 10.6 Å². The second kappa shape index (κ2) is 9.22. The monoisotopic (exact) mass is 394 g/mol. The molecular weight excluding hydrogens is 379 g/mol. The van der Waals surface area contributed by atoms with Crippen molar-refractivity contribution >= 4 is 52.4 Å². The molecule has 0 saturated heterocycles. The van der Waals surface area contributed by atoms with Crippen LogP contribution in [0.1, 0.15) is 12.5 Å². The number of benzene rings is 2. The van der Waals surface area contributed by atoms with Crippen molar-refractivity contribution in [3.63, 3.8) is 0 Å². The van der Waals surface area contributed by atoms with Gasteiger partial charge in [0.25, 0.3) is 5.91 Å². The highest BCUT2D eigenvalue weighted by Gasteiger charge is 2.12. The van der Waals surface area contributed by atoms with E-state index in [4.69, 9.17) is 27.9 Å². The van der Waals surface area contributed by atoms with Gasteiger partial charge in [0.05, 0.1) is 22.2 Å². The van der Waals surface area contributed by atoms with Gasteiger partial charge in [0.15, 0.2) is 6.61 Å². The lowest BCUT2D eigenvalue weighted by molar-refractivity contribution is -0.146. The van der Waals surface area contributed by atoms with Crippen LogP contribution in [0.3, 0.4) is 0 Å². The van der Waals surface area contributed by atoms with Crippen LogP contribution in [0.4, 0.5) is 11.4 Å². The molecule has 0 aliphatic carbocycles. The zero-order valence-electron chi connectivity index (χ0n) is 13.8. The van der Waals surface area contributed by atoms with Gasteiger partial charge in [-0.05, 0) is 29.8 Å². The molecule has 2 aromatic rings. The summed E-state index contributed by atoms with van der Waals surface area (Å²) >= 11 is 11.9. The minimum atomic E-state index is -0.558. The van der Waals surface area contributed by atoms with Crippen molar-refractivity contribution in [3.8, 4) is 0 Å². The van der Waals surface area contributed by atoms with E-state index in [2.05, 4.69) is 10.6 Å². The average molecular weight is 395 g/mol. The zero-order chi connectivity index (χ0) is 19.1. The van der Waals surface area contributed by atoms with E-state index in [0.717, 1.165) is 0 Å². The molecule has 0 radical (unpaired) electrons. The van der Waals surface area contributed by atoms with E-state index in [-0.39, 0.29) is 28.1 Å². The second-order valence-electron chi connectivity index (χ2n) is 5.36. The van der Waals surface area contributed by atoms with Crippen LogP contribution >= 0.6 is 23.2 Å². The first-order valence-corrected chi connectivity index (χ1v) is 8.37. The number of para-hydroxylation sites is 1. The van der Waals surface area contributed by atoms with Gasteiger partial charge in [-0.25, -0.2) is 0 Å². The van der Waals surface area contributed by atoms with Crippen LogP contribution in [0, 0.1) is 0 Å². The fraction of sp³-hybridized carbons (Fsp3) is 0.167. The number of nitrogens with one attached hydrogen (secondary N) is 2. The number of amides is 2. The maximum atomic E-state index is 11.9. The number of rotatable bonds is 6. The minimum absolute atomic E-state index is 0.000477. The SMILES string of the molecule is CC(=O)Nc1ccc(CC(=O)OCC(=O)Nc2c(Cl)cccc2Cl)cc1. The molecule has 0 heterocycles. The van der Waals surface area contributed by atoms with Crippen molar-refractivity contribution in [2.45, 2.75) is 13.3 Å². The highest BCUT2D eigenvalue weighted by Crippen LogP contribution is 2.29. The summed E-state index contributed by atoms with van der Waals surface area (Å²) in [6.45, 7) is 0.955. The molecule has 0 fully saturated rings. The van der Waals surface area contributed by atoms with Gasteiger partial charge in [-0.2, -0.15) is 0 Å². The molecule has 0 aromatic heterocycles. The molecule has 26 heavy (non-hydrogen) atoms. The summed E-state index contributed by atoms with van der Waals surface area (Å²) in [5, 5.41) is 5.71. The highest BCUT2D eigenvalue weighted by molar-refractivity contribution is 6.39. The van der Waals surface area contributed by atoms with E-state index >= 15 is 0 Å². The first kappa shape index (κ1) is 19.8. The van der Waals surface area contributed by atoms with Crippen molar-refractivity contribution in [3.05, 3.63) is 58.1 Å². The molecule has 0 aliphatic rings. The number of esters is 1. The quantitative estimate of drug-likeness (QED) is 0.731. The molecule has 0 unspecified atom stereocenters. The lowest BCUT2D eigenvalue weighted by Crippen LogP contribution is -2.22. The van der Waals surface area contributed by atoms with Crippen LogP contribution in [0.2, 0.25) is 10.0 Å². The summed E-state index contributed by atoms with van der Waals surface area (Å²) in [7, 11) is 0. The van der Waals surface area contributed by atoms with E-state index in [9.17, 15) is 14.4 Å². The molecular formula is C18H16Cl2N2O4. The Morgan fingerprint density at radius 2 is 1.58 bits per heavy atom. The van der Waals surface area contributed by atoms with Crippen molar-refractivity contribution in [2.75, 3.05) is 17.2 Å². The van der Waals surface area contributed by atoms with Crippen molar-refractivity contribution in [1.82, 2.24) is 0 Å². The average Bonchev–Trinajstić information content (AvgIpc) is 2.58. The molecule has 6 nitrogen and oxygen atoms in total. The first-order chi connectivity index (χ1) is 12.3. The highest BCUT2D eigenvalue weighted by atomic mass is 35.5. The van der Waals surface area contributed by atoms with Gasteiger partial charge in [-0.15, -0.1) is 0 Å². The largest absolute Gasteiger partial charge is 0.455 e. The molecule has 0 atom stereocenters. The molecule has 8 heteroatoms. The summed E-state index contributed by atoms with van der Waals surface area (Å²) in [5.74, 6) is -1.28. The van der Waals surface area contributed by atoms with Gasteiger partial charge in [-0.3, -0.25) is 14.4 Å².